The van der Waals surface area contributed by atoms with E-state index in [1.54, 1.807) is 19.1 Å². The second kappa shape index (κ2) is 6.39. The fourth-order valence-electron chi connectivity index (χ4n) is 2.12. The zero-order chi connectivity index (χ0) is 15.4. The van der Waals surface area contributed by atoms with Gasteiger partial charge < -0.3 is 11.1 Å². The van der Waals surface area contributed by atoms with Crippen LogP contribution in [0.4, 0.5) is 10.1 Å². The molecule has 0 aliphatic rings. The second-order valence-corrected chi connectivity index (χ2v) is 5.17. The van der Waals surface area contributed by atoms with E-state index in [1.165, 1.54) is 6.07 Å². The van der Waals surface area contributed by atoms with E-state index in [-0.39, 0.29) is 24.2 Å². The Hall–Kier alpha value is -2.36. The molecule has 0 fully saturated rings. The third-order valence-electron chi connectivity index (χ3n) is 3.48. The molecule has 2 rings (SSSR count). The molecule has 1 unspecified atom stereocenters. The summed E-state index contributed by atoms with van der Waals surface area (Å²) in [5.41, 5.74) is 8.54. The van der Waals surface area contributed by atoms with Gasteiger partial charge in [0.25, 0.3) is 0 Å². The van der Waals surface area contributed by atoms with Crippen LogP contribution >= 0.6 is 0 Å². The maximum atomic E-state index is 13.5. The van der Waals surface area contributed by atoms with Gasteiger partial charge in [0, 0.05) is 5.69 Å². The number of nitrogen functional groups attached to an aromatic ring is 1. The van der Waals surface area contributed by atoms with Crippen LogP contribution in [0.25, 0.3) is 0 Å². The van der Waals surface area contributed by atoms with Gasteiger partial charge in [0.2, 0.25) is 5.91 Å². The monoisotopic (exact) mass is 286 g/mol. The van der Waals surface area contributed by atoms with Gasteiger partial charge in [0.1, 0.15) is 5.82 Å². The maximum Gasteiger partial charge on any atom is 0.224 e. The van der Waals surface area contributed by atoms with Crippen molar-refractivity contribution in [3.05, 3.63) is 65.0 Å². The zero-order valence-electron chi connectivity index (χ0n) is 12.2. The molecule has 0 saturated heterocycles. The van der Waals surface area contributed by atoms with Crippen molar-refractivity contribution in [2.24, 2.45) is 0 Å². The van der Waals surface area contributed by atoms with Crippen LogP contribution in [-0.2, 0) is 11.2 Å². The van der Waals surface area contributed by atoms with E-state index in [9.17, 15) is 9.18 Å². The van der Waals surface area contributed by atoms with Gasteiger partial charge in [-0.25, -0.2) is 4.39 Å². The van der Waals surface area contributed by atoms with Crippen LogP contribution in [0.15, 0.2) is 42.5 Å². The molecule has 0 aliphatic carbocycles. The maximum absolute atomic E-state index is 13.5. The molecular weight excluding hydrogens is 267 g/mol. The number of amides is 1. The summed E-state index contributed by atoms with van der Waals surface area (Å²) in [5, 5.41) is 2.86. The van der Waals surface area contributed by atoms with Crippen molar-refractivity contribution in [3.63, 3.8) is 0 Å². The molecule has 2 aromatic carbocycles. The Balaban J connectivity index is 2.02. The first-order valence-electron chi connectivity index (χ1n) is 6.86. The highest BCUT2D eigenvalue weighted by Gasteiger charge is 2.12. The summed E-state index contributed by atoms with van der Waals surface area (Å²) in [6.07, 6.45) is 0.214. The standard InChI is InChI=1S/C17H19FN2O/c1-11-7-8-13(9-15(11)18)12(2)20-17(21)10-14-5-3-4-6-16(14)19/h3-9,12H,10,19H2,1-2H3,(H,20,21). The number of benzene rings is 2. The summed E-state index contributed by atoms with van der Waals surface area (Å²) in [4.78, 5) is 12.0. The van der Waals surface area contributed by atoms with Gasteiger partial charge in [-0.3, -0.25) is 4.79 Å². The lowest BCUT2D eigenvalue weighted by molar-refractivity contribution is -0.121. The lowest BCUT2D eigenvalue weighted by atomic mass is 10.0. The number of hydrogen-bond donors (Lipinski definition) is 2. The molecule has 2 aromatic rings. The predicted molar refractivity (Wildman–Crippen MR) is 82.3 cm³/mol. The fourth-order valence-corrected chi connectivity index (χ4v) is 2.12. The number of halogens is 1. The summed E-state index contributed by atoms with van der Waals surface area (Å²) in [7, 11) is 0. The minimum atomic E-state index is -0.263. The van der Waals surface area contributed by atoms with Crippen molar-refractivity contribution in [1.82, 2.24) is 5.32 Å². The molecule has 0 saturated carbocycles. The highest BCUT2D eigenvalue weighted by atomic mass is 19.1. The normalized spacial score (nSPS) is 12.0. The van der Waals surface area contributed by atoms with E-state index in [4.69, 9.17) is 5.73 Å². The lowest BCUT2D eigenvalue weighted by Gasteiger charge is -2.15. The summed E-state index contributed by atoms with van der Waals surface area (Å²) in [5.74, 6) is -0.401. The first-order valence-corrected chi connectivity index (χ1v) is 6.86. The van der Waals surface area contributed by atoms with Crippen molar-refractivity contribution >= 4 is 11.6 Å². The largest absolute Gasteiger partial charge is 0.398 e. The van der Waals surface area contributed by atoms with Crippen LogP contribution in [-0.4, -0.2) is 5.91 Å². The molecule has 0 bridgehead atoms. The number of hydrogen-bond acceptors (Lipinski definition) is 2. The van der Waals surface area contributed by atoms with Crippen molar-refractivity contribution in [3.8, 4) is 0 Å². The average Bonchev–Trinajstić information content (AvgIpc) is 2.44. The fraction of sp³-hybridized carbons (Fsp3) is 0.235. The third kappa shape index (κ3) is 3.81. The van der Waals surface area contributed by atoms with Crippen molar-refractivity contribution in [1.29, 1.82) is 0 Å². The van der Waals surface area contributed by atoms with Crippen LogP contribution in [0.1, 0.15) is 29.7 Å². The zero-order valence-corrected chi connectivity index (χ0v) is 12.2. The van der Waals surface area contributed by atoms with Gasteiger partial charge in [-0.05, 0) is 42.7 Å². The summed E-state index contributed by atoms with van der Waals surface area (Å²) < 4.78 is 13.5. The number of carbonyl (C=O) groups is 1. The summed E-state index contributed by atoms with van der Waals surface area (Å²) >= 11 is 0. The molecular formula is C17H19FN2O. The number of rotatable bonds is 4. The Morgan fingerprint density at radius 3 is 2.67 bits per heavy atom. The molecule has 3 N–H and O–H groups in total. The van der Waals surface area contributed by atoms with Crippen molar-refractivity contribution < 1.29 is 9.18 Å². The number of carbonyl (C=O) groups excluding carboxylic acids is 1. The Morgan fingerprint density at radius 2 is 2.00 bits per heavy atom. The lowest BCUT2D eigenvalue weighted by Crippen LogP contribution is -2.28. The van der Waals surface area contributed by atoms with Crippen LogP contribution in [0, 0.1) is 12.7 Å². The number of para-hydroxylation sites is 1. The van der Waals surface area contributed by atoms with E-state index >= 15 is 0 Å². The van der Waals surface area contributed by atoms with E-state index < -0.39 is 0 Å². The first kappa shape index (κ1) is 15.0. The Morgan fingerprint density at radius 1 is 1.29 bits per heavy atom. The Kier molecular flexibility index (Phi) is 4.58. The molecule has 0 aromatic heterocycles. The molecule has 3 nitrogen and oxygen atoms in total. The summed E-state index contributed by atoms with van der Waals surface area (Å²) in [6, 6.07) is 12.0. The highest BCUT2D eigenvalue weighted by Crippen LogP contribution is 2.17. The molecule has 0 heterocycles. The molecule has 4 heteroatoms. The number of aryl methyl sites for hydroxylation is 1. The summed E-state index contributed by atoms with van der Waals surface area (Å²) in [6.45, 7) is 3.54. The molecule has 1 amide bonds. The first-order chi connectivity index (χ1) is 9.97. The Bertz CT molecular complexity index is 655. The SMILES string of the molecule is Cc1ccc(C(C)NC(=O)Cc2ccccc2N)cc1F. The molecule has 110 valence electrons. The predicted octanol–water partition coefficient (Wildman–Crippen LogP) is 3.14. The topological polar surface area (TPSA) is 55.1 Å². The molecule has 21 heavy (non-hydrogen) atoms. The molecule has 0 aliphatic heterocycles. The minimum Gasteiger partial charge on any atom is -0.398 e. The highest BCUT2D eigenvalue weighted by molar-refractivity contribution is 5.80. The van der Waals surface area contributed by atoms with Crippen LogP contribution in [0.2, 0.25) is 0 Å². The van der Waals surface area contributed by atoms with Crippen molar-refractivity contribution in [2.75, 3.05) is 5.73 Å². The van der Waals surface area contributed by atoms with Crippen LogP contribution in [0.5, 0.6) is 0 Å². The minimum absolute atomic E-state index is 0.138. The van der Waals surface area contributed by atoms with Crippen LogP contribution in [0.3, 0.4) is 0 Å². The van der Waals surface area contributed by atoms with Gasteiger partial charge >= 0.3 is 0 Å². The smallest absolute Gasteiger partial charge is 0.224 e. The van der Waals surface area contributed by atoms with E-state index in [1.807, 2.05) is 31.2 Å². The molecule has 0 radical (unpaired) electrons. The van der Waals surface area contributed by atoms with Gasteiger partial charge in [-0.15, -0.1) is 0 Å². The Labute approximate surface area is 124 Å². The third-order valence-corrected chi connectivity index (χ3v) is 3.48. The number of nitrogens with two attached hydrogens (primary N) is 1. The molecule has 0 spiro atoms. The van der Waals surface area contributed by atoms with Crippen LogP contribution < -0.4 is 11.1 Å². The van der Waals surface area contributed by atoms with Gasteiger partial charge in [-0.1, -0.05) is 30.3 Å². The van der Waals surface area contributed by atoms with E-state index in [2.05, 4.69) is 5.32 Å². The van der Waals surface area contributed by atoms with E-state index in [0.29, 0.717) is 11.3 Å². The van der Waals surface area contributed by atoms with Crippen molar-refractivity contribution in [2.45, 2.75) is 26.3 Å². The van der Waals surface area contributed by atoms with Gasteiger partial charge in [0.05, 0.1) is 12.5 Å². The quantitative estimate of drug-likeness (QED) is 0.848. The average molecular weight is 286 g/mol. The van der Waals surface area contributed by atoms with Gasteiger partial charge in [-0.2, -0.15) is 0 Å². The molecule has 1 atom stereocenters. The van der Waals surface area contributed by atoms with Gasteiger partial charge in [0.15, 0.2) is 0 Å². The number of nitrogens with one attached hydrogen (secondary N) is 1. The number of anilines is 1. The van der Waals surface area contributed by atoms with E-state index in [0.717, 1.165) is 11.1 Å². The second-order valence-electron chi connectivity index (χ2n) is 5.17.